The van der Waals surface area contributed by atoms with E-state index in [4.69, 9.17) is 9.72 Å². The number of nitrogens with zero attached hydrogens (tertiary/aromatic N) is 3. The second-order valence-electron chi connectivity index (χ2n) is 11.3. The molecule has 2 fully saturated rings. The van der Waals surface area contributed by atoms with Crippen molar-refractivity contribution in [3.05, 3.63) is 45.9 Å². The minimum atomic E-state index is -0.0549. The Bertz CT molecular complexity index is 1070. The van der Waals surface area contributed by atoms with E-state index in [1.165, 1.54) is 0 Å². The highest BCUT2D eigenvalue weighted by molar-refractivity contribution is 7.09. The quantitative estimate of drug-likeness (QED) is 0.525. The molecule has 0 N–H and O–H groups in total. The van der Waals surface area contributed by atoms with Crippen LogP contribution in [0.25, 0.3) is 0 Å². The number of benzene rings is 1. The molecule has 35 heavy (non-hydrogen) atoms. The zero-order chi connectivity index (χ0) is 25.5. The number of carbonyl (C=O) groups excluding carboxylic acids is 2. The fourth-order valence-electron chi connectivity index (χ4n) is 5.62. The number of hydrogen-bond acceptors (Lipinski definition) is 5. The van der Waals surface area contributed by atoms with Gasteiger partial charge in [0.15, 0.2) is 0 Å². The standard InChI is InChI=1S/C28H39N3O3S/c1-18(16-20-10-8-9-11-22(20)34-7)30(6)25(32)21-17-35-24(29-21)19-12-14-31(15-13-19)26(33)23-27(2,3)28(23,4)5/h8-11,17-19,23H,12-16H2,1-7H3. The summed E-state index contributed by atoms with van der Waals surface area (Å²) >= 11 is 1.57. The van der Waals surface area contributed by atoms with Crippen LogP contribution in [0.4, 0.5) is 0 Å². The summed E-state index contributed by atoms with van der Waals surface area (Å²) in [6.45, 7) is 12.4. The van der Waals surface area contributed by atoms with E-state index in [0.29, 0.717) is 23.9 Å². The summed E-state index contributed by atoms with van der Waals surface area (Å²) < 4.78 is 5.46. The first-order valence-electron chi connectivity index (χ1n) is 12.6. The van der Waals surface area contributed by atoms with Crippen LogP contribution in [0.2, 0.25) is 0 Å². The fraction of sp³-hybridized carbons (Fsp3) is 0.607. The Kier molecular flexibility index (Phi) is 7.02. The van der Waals surface area contributed by atoms with E-state index >= 15 is 0 Å². The Morgan fingerprint density at radius 2 is 1.80 bits per heavy atom. The highest BCUT2D eigenvalue weighted by Crippen LogP contribution is 2.68. The lowest BCUT2D eigenvalue weighted by atomic mass is 9.96. The van der Waals surface area contributed by atoms with E-state index in [1.54, 1.807) is 23.3 Å². The van der Waals surface area contributed by atoms with Gasteiger partial charge in [-0.3, -0.25) is 9.59 Å². The Morgan fingerprint density at radius 3 is 2.40 bits per heavy atom. The molecule has 0 bridgehead atoms. The average Bonchev–Trinajstić information content (AvgIpc) is 3.16. The van der Waals surface area contributed by atoms with Crippen molar-refractivity contribution in [1.29, 1.82) is 0 Å². The number of likely N-dealkylation sites (tertiary alicyclic amines) is 1. The molecule has 2 aromatic rings. The van der Waals surface area contributed by atoms with Gasteiger partial charge in [-0.05, 0) is 48.6 Å². The van der Waals surface area contributed by atoms with Gasteiger partial charge in [-0.15, -0.1) is 11.3 Å². The molecule has 1 saturated carbocycles. The molecule has 0 spiro atoms. The average molecular weight is 498 g/mol. The molecule has 2 heterocycles. The van der Waals surface area contributed by atoms with Gasteiger partial charge in [-0.1, -0.05) is 45.9 Å². The third-order valence-electron chi connectivity index (χ3n) is 8.85. The highest BCUT2D eigenvalue weighted by Gasteiger charge is 2.68. The number of piperidine rings is 1. The third kappa shape index (κ3) is 4.72. The third-order valence-corrected chi connectivity index (χ3v) is 9.86. The lowest BCUT2D eigenvalue weighted by Crippen LogP contribution is -2.40. The lowest BCUT2D eigenvalue weighted by Gasteiger charge is -2.32. The molecule has 4 rings (SSSR count). The van der Waals surface area contributed by atoms with Gasteiger partial charge in [0.2, 0.25) is 5.91 Å². The first-order valence-corrected chi connectivity index (χ1v) is 13.5. The van der Waals surface area contributed by atoms with Gasteiger partial charge in [0.05, 0.1) is 12.1 Å². The van der Waals surface area contributed by atoms with E-state index in [-0.39, 0.29) is 28.7 Å². The summed E-state index contributed by atoms with van der Waals surface area (Å²) in [5, 5.41) is 2.90. The SMILES string of the molecule is COc1ccccc1CC(C)N(C)C(=O)c1csc(C2CCN(C(=O)C3C(C)(C)C3(C)C)CC2)n1. The first-order chi connectivity index (χ1) is 16.5. The summed E-state index contributed by atoms with van der Waals surface area (Å²) in [4.78, 5) is 34.8. The van der Waals surface area contributed by atoms with Crippen molar-refractivity contribution >= 4 is 23.2 Å². The molecule has 0 radical (unpaired) electrons. The normalized spacial score (nSPS) is 20.4. The molecule has 190 valence electrons. The van der Waals surface area contributed by atoms with Crippen molar-refractivity contribution in [1.82, 2.24) is 14.8 Å². The van der Waals surface area contributed by atoms with E-state index in [1.807, 2.05) is 48.5 Å². The minimum absolute atomic E-state index is 0.00845. The van der Waals surface area contributed by atoms with Crippen molar-refractivity contribution in [2.24, 2.45) is 16.7 Å². The lowest BCUT2D eigenvalue weighted by molar-refractivity contribution is -0.134. The maximum atomic E-state index is 13.2. The summed E-state index contributed by atoms with van der Waals surface area (Å²) in [5.74, 6) is 1.51. The molecule has 1 aliphatic carbocycles. The van der Waals surface area contributed by atoms with Crippen LogP contribution in [0.3, 0.4) is 0 Å². The number of aromatic nitrogens is 1. The van der Waals surface area contributed by atoms with Crippen LogP contribution in [0.1, 0.15) is 74.4 Å². The minimum Gasteiger partial charge on any atom is -0.496 e. The number of thiazole rings is 1. The monoisotopic (exact) mass is 497 g/mol. The first kappa shape index (κ1) is 25.7. The number of amides is 2. The fourth-order valence-corrected chi connectivity index (χ4v) is 6.59. The van der Waals surface area contributed by atoms with Crippen LogP contribution in [0.5, 0.6) is 5.75 Å². The van der Waals surface area contributed by atoms with Crippen LogP contribution >= 0.6 is 11.3 Å². The predicted molar refractivity (Wildman–Crippen MR) is 140 cm³/mol. The number of rotatable bonds is 7. The maximum Gasteiger partial charge on any atom is 0.273 e. The van der Waals surface area contributed by atoms with Gasteiger partial charge < -0.3 is 14.5 Å². The van der Waals surface area contributed by atoms with Gasteiger partial charge in [0.1, 0.15) is 11.4 Å². The molecule has 1 aliphatic heterocycles. The molecule has 2 aliphatic rings. The second kappa shape index (κ2) is 9.57. The molecule has 7 heteroatoms. The molecule has 2 amide bonds. The van der Waals surface area contributed by atoms with Crippen molar-refractivity contribution in [2.75, 3.05) is 27.2 Å². The number of hydrogen-bond donors (Lipinski definition) is 0. The van der Waals surface area contributed by atoms with E-state index in [0.717, 1.165) is 42.3 Å². The van der Waals surface area contributed by atoms with E-state index in [2.05, 4.69) is 27.7 Å². The van der Waals surface area contributed by atoms with Crippen LogP contribution in [-0.2, 0) is 11.2 Å². The van der Waals surface area contributed by atoms with Crippen LogP contribution in [-0.4, -0.2) is 59.9 Å². The van der Waals surface area contributed by atoms with E-state index in [9.17, 15) is 9.59 Å². The maximum absolute atomic E-state index is 13.2. The van der Waals surface area contributed by atoms with Gasteiger partial charge in [0, 0.05) is 43.4 Å². The van der Waals surface area contributed by atoms with Crippen LogP contribution < -0.4 is 4.74 Å². The summed E-state index contributed by atoms with van der Waals surface area (Å²) in [7, 11) is 3.51. The number of ether oxygens (including phenoxy) is 1. The number of carbonyl (C=O) groups is 2. The van der Waals surface area contributed by atoms with Gasteiger partial charge in [-0.2, -0.15) is 0 Å². The topological polar surface area (TPSA) is 62.7 Å². The Morgan fingerprint density at radius 1 is 1.17 bits per heavy atom. The molecule has 6 nitrogen and oxygen atoms in total. The number of para-hydroxylation sites is 1. The predicted octanol–water partition coefficient (Wildman–Crippen LogP) is 5.24. The highest BCUT2D eigenvalue weighted by atomic mass is 32.1. The second-order valence-corrected chi connectivity index (χ2v) is 12.2. The van der Waals surface area contributed by atoms with Gasteiger partial charge >= 0.3 is 0 Å². The van der Waals surface area contributed by atoms with E-state index < -0.39 is 0 Å². The molecule has 1 aromatic heterocycles. The number of likely N-dealkylation sites (N-methyl/N-ethyl adjacent to an activating group) is 1. The summed E-state index contributed by atoms with van der Waals surface area (Å²) in [6.07, 6.45) is 2.52. The molecule has 1 unspecified atom stereocenters. The molecular weight excluding hydrogens is 458 g/mol. The molecule has 1 atom stereocenters. The zero-order valence-electron chi connectivity index (χ0n) is 22.1. The Balaban J connectivity index is 1.33. The zero-order valence-corrected chi connectivity index (χ0v) is 22.9. The van der Waals surface area contributed by atoms with Crippen molar-refractivity contribution in [3.8, 4) is 5.75 Å². The Hall–Kier alpha value is -2.41. The van der Waals surface area contributed by atoms with Crippen molar-refractivity contribution in [3.63, 3.8) is 0 Å². The van der Waals surface area contributed by atoms with Crippen LogP contribution in [0.15, 0.2) is 29.6 Å². The smallest absolute Gasteiger partial charge is 0.273 e. The van der Waals surface area contributed by atoms with Gasteiger partial charge in [-0.25, -0.2) is 4.98 Å². The number of methoxy groups -OCH3 is 1. The van der Waals surface area contributed by atoms with Crippen molar-refractivity contribution in [2.45, 2.75) is 65.8 Å². The van der Waals surface area contributed by atoms with Gasteiger partial charge in [0.25, 0.3) is 5.91 Å². The summed E-state index contributed by atoms with van der Waals surface area (Å²) in [6, 6.07) is 7.93. The Labute approximate surface area is 213 Å². The molecule has 1 saturated heterocycles. The van der Waals surface area contributed by atoms with Crippen molar-refractivity contribution < 1.29 is 14.3 Å². The van der Waals surface area contributed by atoms with Crippen LogP contribution in [0, 0.1) is 16.7 Å². The largest absolute Gasteiger partial charge is 0.496 e. The molecule has 1 aromatic carbocycles. The molecular formula is C28H39N3O3S. The summed E-state index contributed by atoms with van der Waals surface area (Å²) in [5.41, 5.74) is 1.74.